The van der Waals surface area contributed by atoms with Gasteiger partial charge in [-0.25, -0.2) is 0 Å². The van der Waals surface area contributed by atoms with Crippen LogP contribution in [0.2, 0.25) is 0 Å². The molecule has 0 spiro atoms. The van der Waals surface area contributed by atoms with Crippen LogP contribution in [-0.4, -0.2) is 6.29 Å². The molecule has 0 fully saturated rings. The molecular formula is C15H11F3O. The molecular weight excluding hydrogens is 253 g/mol. The molecule has 0 unspecified atom stereocenters. The van der Waals surface area contributed by atoms with E-state index in [1.54, 1.807) is 24.3 Å². The Labute approximate surface area is 108 Å². The van der Waals surface area contributed by atoms with Gasteiger partial charge in [-0.3, -0.25) is 4.79 Å². The first-order valence-corrected chi connectivity index (χ1v) is 5.65. The molecule has 0 aliphatic heterocycles. The molecule has 0 heterocycles. The lowest BCUT2D eigenvalue weighted by Gasteiger charge is -2.12. The maximum atomic E-state index is 12.7. The number of hydrogen-bond acceptors (Lipinski definition) is 1. The van der Waals surface area contributed by atoms with E-state index in [-0.39, 0.29) is 5.56 Å². The van der Waals surface area contributed by atoms with Gasteiger partial charge < -0.3 is 0 Å². The van der Waals surface area contributed by atoms with Gasteiger partial charge in [0, 0.05) is 5.56 Å². The molecule has 0 aromatic heterocycles. The van der Waals surface area contributed by atoms with Crippen LogP contribution >= 0.6 is 0 Å². The van der Waals surface area contributed by atoms with Gasteiger partial charge in [0.15, 0.2) is 0 Å². The highest BCUT2D eigenvalue weighted by Gasteiger charge is 2.32. The van der Waals surface area contributed by atoms with Gasteiger partial charge in [-0.05, 0) is 35.7 Å². The van der Waals surface area contributed by atoms with Crippen LogP contribution in [0.15, 0.2) is 42.5 Å². The van der Waals surface area contributed by atoms with Crippen molar-refractivity contribution in [1.82, 2.24) is 0 Å². The van der Waals surface area contributed by atoms with Crippen LogP contribution < -0.4 is 0 Å². The molecule has 0 atom stereocenters. The van der Waals surface area contributed by atoms with Crippen molar-refractivity contribution < 1.29 is 18.0 Å². The van der Waals surface area contributed by atoms with Gasteiger partial charge in [0.25, 0.3) is 0 Å². The van der Waals surface area contributed by atoms with Gasteiger partial charge in [0.2, 0.25) is 0 Å². The predicted molar refractivity (Wildman–Crippen MR) is 67.0 cm³/mol. The summed E-state index contributed by atoms with van der Waals surface area (Å²) >= 11 is 0. The van der Waals surface area contributed by atoms with Gasteiger partial charge in [0.05, 0.1) is 5.56 Å². The van der Waals surface area contributed by atoms with E-state index in [9.17, 15) is 18.0 Å². The summed E-state index contributed by atoms with van der Waals surface area (Å²) in [5.74, 6) is 0. The Hall–Kier alpha value is -2.10. The first-order valence-electron chi connectivity index (χ1n) is 5.65. The number of hydrogen-bond donors (Lipinski definition) is 0. The number of halogens is 3. The Balaban J connectivity index is 2.47. The molecule has 1 nitrogen and oxygen atoms in total. The second kappa shape index (κ2) is 4.88. The summed E-state index contributed by atoms with van der Waals surface area (Å²) in [4.78, 5) is 10.7. The molecule has 98 valence electrons. The number of carbonyl (C=O) groups is 1. The lowest BCUT2D eigenvalue weighted by Crippen LogP contribution is -2.07. The highest BCUT2D eigenvalue weighted by molar-refractivity contribution is 5.79. The number of benzene rings is 2. The summed E-state index contributed by atoms with van der Waals surface area (Å²) in [6.45, 7) is 1.43. The number of aryl methyl sites for hydroxylation is 1. The van der Waals surface area contributed by atoms with Crippen LogP contribution in [0.4, 0.5) is 13.2 Å². The fraction of sp³-hybridized carbons (Fsp3) is 0.133. The van der Waals surface area contributed by atoms with E-state index in [1.165, 1.54) is 19.1 Å². The monoisotopic (exact) mass is 264 g/mol. The van der Waals surface area contributed by atoms with Gasteiger partial charge in [-0.15, -0.1) is 0 Å². The molecule has 0 amide bonds. The second-order valence-electron chi connectivity index (χ2n) is 4.27. The zero-order valence-electron chi connectivity index (χ0n) is 10.2. The predicted octanol–water partition coefficient (Wildman–Crippen LogP) is 4.49. The third-order valence-corrected chi connectivity index (χ3v) is 2.89. The first kappa shape index (κ1) is 13.3. The summed E-state index contributed by atoms with van der Waals surface area (Å²) in [5, 5.41) is 0. The van der Waals surface area contributed by atoms with Gasteiger partial charge in [0.1, 0.15) is 6.29 Å². The standard InChI is InChI=1S/C15H11F3O/c1-10-7-13(5-6-14(10)15(16,17)18)12-4-2-3-11(8-12)9-19/h2-9H,1H3. The van der Waals surface area contributed by atoms with Gasteiger partial charge >= 0.3 is 6.18 Å². The molecule has 0 radical (unpaired) electrons. The number of carbonyl (C=O) groups excluding carboxylic acids is 1. The molecule has 4 heteroatoms. The zero-order valence-corrected chi connectivity index (χ0v) is 10.2. The average Bonchev–Trinajstić information content (AvgIpc) is 2.37. The minimum atomic E-state index is -4.34. The highest BCUT2D eigenvalue weighted by atomic mass is 19.4. The second-order valence-corrected chi connectivity index (χ2v) is 4.27. The number of alkyl halides is 3. The van der Waals surface area contributed by atoms with E-state index in [2.05, 4.69) is 0 Å². The topological polar surface area (TPSA) is 17.1 Å². The van der Waals surface area contributed by atoms with Crippen molar-refractivity contribution in [2.24, 2.45) is 0 Å². The molecule has 0 saturated carbocycles. The summed E-state index contributed by atoms with van der Waals surface area (Å²) < 4.78 is 38.0. The average molecular weight is 264 g/mol. The zero-order chi connectivity index (χ0) is 14.0. The van der Waals surface area contributed by atoms with Crippen molar-refractivity contribution >= 4 is 6.29 Å². The molecule has 0 bridgehead atoms. The molecule has 0 aliphatic rings. The highest BCUT2D eigenvalue weighted by Crippen LogP contribution is 2.33. The minimum Gasteiger partial charge on any atom is -0.298 e. The van der Waals surface area contributed by atoms with Crippen LogP contribution in [0.5, 0.6) is 0 Å². The molecule has 0 N–H and O–H groups in total. The van der Waals surface area contributed by atoms with E-state index in [0.29, 0.717) is 17.4 Å². The van der Waals surface area contributed by atoms with Crippen molar-refractivity contribution in [1.29, 1.82) is 0 Å². The molecule has 0 aliphatic carbocycles. The Morgan fingerprint density at radius 3 is 2.26 bits per heavy atom. The Morgan fingerprint density at radius 1 is 1.00 bits per heavy atom. The summed E-state index contributed by atoms with van der Waals surface area (Å²) in [6.07, 6.45) is -3.63. The summed E-state index contributed by atoms with van der Waals surface area (Å²) in [5.41, 5.74) is 1.41. The van der Waals surface area contributed by atoms with Crippen molar-refractivity contribution in [3.8, 4) is 11.1 Å². The van der Waals surface area contributed by atoms with Crippen molar-refractivity contribution in [2.45, 2.75) is 13.1 Å². The SMILES string of the molecule is Cc1cc(-c2cccc(C=O)c2)ccc1C(F)(F)F. The molecule has 2 rings (SSSR count). The fourth-order valence-electron chi connectivity index (χ4n) is 1.95. The van der Waals surface area contributed by atoms with Crippen molar-refractivity contribution in [2.75, 3.05) is 0 Å². The molecule has 2 aromatic rings. The third-order valence-electron chi connectivity index (χ3n) is 2.89. The Morgan fingerprint density at radius 2 is 1.68 bits per heavy atom. The quantitative estimate of drug-likeness (QED) is 0.730. The van der Waals surface area contributed by atoms with Crippen LogP contribution in [0, 0.1) is 6.92 Å². The van der Waals surface area contributed by atoms with E-state index >= 15 is 0 Å². The lowest BCUT2D eigenvalue weighted by atomic mass is 9.98. The van der Waals surface area contributed by atoms with Crippen LogP contribution in [0.3, 0.4) is 0 Å². The van der Waals surface area contributed by atoms with Crippen molar-refractivity contribution in [3.63, 3.8) is 0 Å². The number of rotatable bonds is 2. The minimum absolute atomic E-state index is 0.168. The van der Waals surface area contributed by atoms with E-state index in [0.717, 1.165) is 11.6 Å². The Kier molecular flexibility index (Phi) is 3.42. The fourth-order valence-corrected chi connectivity index (χ4v) is 1.95. The number of aldehydes is 1. The molecule has 19 heavy (non-hydrogen) atoms. The van der Waals surface area contributed by atoms with Gasteiger partial charge in [-0.1, -0.05) is 30.3 Å². The lowest BCUT2D eigenvalue weighted by molar-refractivity contribution is -0.138. The largest absolute Gasteiger partial charge is 0.416 e. The molecule has 2 aromatic carbocycles. The third kappa shape index (κ3) is 2.84. The van der Waals surface area contributed by atoms with E-state index in [4.69, 9.17) is 0 Å². The maximum Gasteiger partial charge on any atom is 0.416 e. The summed E-state index contributed by atoms with van der Waals surface area (Å²) in [7, 11) is 0. The first-order chi connectivity index (χ1) is 8.91. The van der Waals surface area contributed by atoms with Gasteiger partial charge in [-0.2, -0.15) is 13.2 Å². The smallest absolute Gasteiger partial charge is 0.298 e. The normalized spacial score (nSPS) is 11.4. The van der Waals surface area contributed by atoms with E-state index in [1.807, 2.05) is 0 Å². The Bertz CT molecular complexity index is 615. The van der Waals surface area contributed by atoms with Crippen LogP contribution in [-0.2, 0) is 6.18 Å². The van der Waals surface area contributed by atoms with Crippen molar-refractivity contribution in [3.05, 3.63) is 59.2 Å². The summed E-state index contributed by atoms with van der Waals surface area (Å²) in [6, 6.07) is 10.7. The maximum absolute atomic E-state index is 12.7. The molecule has 0 saturated heterocycles. The van der Waals surface area contributed by atoms with Crippen LogP contribution in [0.25, 0.3) is 11.1 Å². The van der Waals surface area contributed by atoms with Crippen LogP contribution in [0.1, 0.15) is 21.5 Å². The van der Waals surface area contributed by atoms with E-state index < -0.39 is 11.7 Å².